The summed E-state index contributed by atoms with van der Waals surface area (Å²) in [5.74, 6) is -0.111. The first-order chi connectivity index (χ1) is 8.99. The van der Waals surface area contributed by atoms with Crippen LogP contribution in [0.3, 0.4) is 0 Å². The maximum absolute atomic E-state index is 10.8. The minimum Gasteiger partial charge on any atom is -0.503 e. The van der Waals surface area contributed by atoms with Crippen LogP contribution in [0.25, 0.3) is 0 Å². The van der Waals surface area contributed by atoms with Crippen LogP contribution in [0.1, 0.15) is 0 Å². The third kappa shape index (κ3) is 3.29. The molecular formula is C12H7Cl2INO3+. The van der Waals surface area contributed by atoms with Crippen molar-refractivity contribution in [3.63, 3.8) is 0 Å². The Hall–Kier alpha value is -1.05. The van der Waals surface area contributed by atoms with Crippen molar-refractivity contribution in [1.29, 1.82) is 0 Å². The Labute approximate surface area is 129 Å². The predicted octanol–water partition coefficient (Wildman–Crippen LogP) is 0.736. The first-order valence-electron chi connectivity index (χ1n) is 5.05. The van der Waals surface area contributed by atoms with Gasteiger partial charge in [0.1, 0.15) is 0 Å². The lowest BCUT2D eigenvalue weighted by atomic mass is 10.3. The summed E-state index contributed by atoms with van der Waals surface area (Å²) >= 11 is 11.0. The highest BCUT2D eigenvalue weighted by Gasteiger charge is 2.27. The molecule has 1 N–H and O–H groups in total. The summed E-state index contributed by atoms with van der Waals surface area (Å²) in [6.45, 7) is 0. The summed E-state index contributed by atoms with van der Waals surface area (Å²) in [5.41, 5.74) is -0.135. The van der Waals surface area contributed by atoms with Crippen molar-refractivity contribution in [2.24, 2.45) is 0 Å². The van der Waals surface area contributed by atoms with E-state index in [2.05, 4.69) is 0 Å². The van der Waals surface area contributed by atoms with Crippen molar-refractivity contribution in [3.8, 4) is 5.75 Å². The van der Waals surface area contributed by atoms with E-state index in [1.165, 1.54) is 6.07 Å². The number of hydrogen-bond acceptors (Lipinski definition) is 3. The summed E-state index contributed by atoms with van der Waals surface area (Å²) in [6, 6.07) is 9.69. The normalized spacial score (nSPS) is 10.4. The van der Waals surface area contributed by atoms with E-state index in [4.69, 9.17) is 23.2 Å². The van der Waals surface area contributed by atoms with Gasteiger partial charge in [-0.3, -0.25) is 10.1 Å². The van der Waals surface area contributed by atoms with E-state index in [0.717, 1.165) is 9.64 Å². The average Bonchev–Trinajstić information content (AvgIpc) is 2.37. The van der Waals surface area contributed by atoms with E-state index in [1.807, 2.05) is 12.1 Å². The van der Waals surface area contributed by atoms with E-state index in [9.17, 15) is 15.2 Å². The van der Waals surface area contributed by atoms with Gasteiger partial charge in [-0.15, -0.1) is 0 Å². The van der Waals surface area contributed by atoms with Gasteiger partial charge in [0.15, 0.2) is 5.75 Å². The molecule has 0 radical (unpaired) electrons. The van der Waals surface area contributed by atoms with Crippen molar-refractivity contribution in [3.05, 3.63) is 63.7 Å². The number of nitro groups is 1. The van der Waals surface area contributed by atoms with Gasteiger partial charge >= 0.3 is 21.2 Å². The number of aromatic hydroxyl groups is 1. The predicted molar refractivity (Wildman–Crippen MR) is 68.6 cm³/mol. The molecule has 0 atom stereocenters. The van der Waals surface area contributed by atoms with Gasteiger partial charge in [-0.05, 0) is 12.1 Å². The van der Waals surface area contributed by atoms with E-state index < -0.39 is 26.1 Å². The zero-order chi connectivity index (χ0) is 14.0. The zero-order valence-electron chi connectivity index (χ0n) is 9.31. The molecular weight excluding hydrogens is 404 g/mol. The van der Waals surface area contributed by atoms with Gasteiger partial charge in [0.2, 0.25) is 7.14 Å². The standard InChI is InChI=1S/C12H6Cl2INO3/c13-8-3-1-2-4-10(8)15-11-6-7(16(18)19)5-9(14)12(11)17/h1-6H/p+1. The number of phenolic OH excluding ortho intramolecular Hbond substituents is 1. The van der Waals surface area contributed by atoms with Gasteiger partial charge in [0, 0.05) is 6.07 Å². The minimum atomic E-state index is -0.845. The molecule has 7 heteroatoms. The van der Waals surface area contributed by atoms with Crippen LogP contribution in [0.5, 0.6) is 5.75 Å². The lowest BCUT2D eigenvalue weighted by molar-refractivity contribution is -0.598. The van der Waals surface area contributed by atoms with E-state index >= 15 is 0 Å². The fourth-order valence-electron chi connectivity index (χ4n) is 1.36. The second-order valence-corrected chi connectivity index (χ2v) is 7.20. The molecule has 0 unspecified atom stereocenters. The lowest BCUT2D eigenvalue weighted by Crippen LogP contribution is -3.61. The number of nitro benzene ring substituents is 1. The summed E-state index contributed by atoms with van der Waals surface area (Å²) in [7, 11) is 0. The first-order valence-corrected chi connectivity index (χ1v) is 7.96. The Kier molecular flexibility index (Phi) is 4.49. The van der Waals surface area contributed by atoms with Gasteiger partial charge in [0.25, 0.3) is 5.69 Å². The molecule has 0 spiro atoms. The highest BCUT2D eigenvalue weighted by molar-refractivity contribution is 6.32. The molecule has 0 heterocycles. The second-order valence-electron chi connectivity index (χ2n) is 3.52. The minimum absolute atomic E-state index is 0.0176. The lowest BCUT2D eigenvalue weighted by Gasteiger charge is -1.97. The van der Waals surface area contributed by atoms with Gasteiger partial charge in [-0.2, -0.15) is 0 Å². The van der Waals surface area contributed by atoms with Crippen LogP contribution in [-0.2, 0) is 0 Å². The number of nitrogens with zero attached hydrogens (tertiary/aromatic N) is 1. The Balaban J connectivity index is 2.45. The number of non-ortho nitro benzene ring substituents is 1. The Morgan fingerprint density at radius 3 is 2.42 bits per heavy atom. The molecule has 0 aliphatic heterocycles. The zero-order valence-corrected chi connectivity index (χ0v) is 13.0. The highest BCUT2D eigenvalue weighted by atomic mass is 127. The van der Waals surface area contributed by atoms with Crippen LogP contribution in [0.4, 0.5) is 5.69 Å². The molecule has 2 aromatic rings. The van der Waals surface area contributed by atoms with Crippen molar-refractivity contribution in [2.45, 2.75) is 0 Å². The monoisotopic (exact) mass is 410 g/mol. The number of hydrogen-bond donors (Lipinski definition) is 1. The molecule has 4 nitrogen and oxygen atoms in total. The fraction of sp³-hybridized carbons (Fsp3) is 0. The van der Waals surface area contributed by atoms with Crippen molar-refractivity contribution >= 4 is 28.9 Å². The summed E-state index contributed by atoms with van der Waals surface area (Å²) < 4.78 is 1.35. The second kappa shape index (κ2) is 5.94. The van der Waals surface area contributed by atoms with Crippen LogP contribution < -0.4 is 21.2 Å². The molecule has 0 aliphatic rings. The topological polar surface area (TPSA) is 63.4 Å². The molecule has 0 bridgehead atoms. The molecule has 19 heavy (non-hydrogen) atoms. The molecule has 0 saturated heterocycles. The molecule has 0 saturated carbocycles. The summed E-state index contributed by atoms with van der Waals surface area (Å²) in [5, 5.41) is 21.2. The number of benzene rings is 2. The molecule has 0 fully saturated rings. The van der Waals surface area contributed by atoms with Crippen molar-refractivity contribution in [1.82, 2.24) is 0 Å². The SMILES string of the molecule is O=[N+]([O-])c1cc(Cl)c(O)c([I+]c2ccccc2Cl)c1. The van der Waals surface area contributed by atoms with E-state index in [1.54, 1.807) is 12.1 Å². The third-order valence-electron chi connectivity index (χ3n) is 2.24. The maximum atomic E-state index is 10.8. The van der Waals surface area contributed by atoms with Gasteiger partial charge in [0.05, 0.1) is 21.0 Å². The van der Waals surface area contributed by atoms with E-state index in [0.29, 0.717) is 8.59 Å². The maximum Gasteiger partial charge on any atom is 0.364 e. The molecule has 0 aliphatic carbocycles. The van der Waals surface area contributed by atoms with Crippen LogP contribution in [0.2, 0.25) is 10.0 Å². The van der Waals surface area contributed by atoms with Crippen LogP contribution in [-0.4, -0.2) is 10.0 Å². The Morgan fingerprint density at radius 1 is 1.11 bits per heavy atom. The summed E-state index contributed by atoms with van der Waals surface area (Å²) in [4.78, 5) is 10.3. The first kappa shape index (κ1) is 14.4. The van der Waals surface area contributed by atoms with Crippen molar-refractivity contribution < 1.29 is 31.2 Å². The fourth-order valence-corrected chi connectivity index (χ4v) is 4.58. The molecule has 2 aromatic carbocycles. The molecule has 0 aromatic heterocycles. The smallest absolute Gasteiger partial charge is 0.364 e. The van der Waals surface area contributed by atoms with Crippen LogP contribution in [0.15, 0.2) is 36.4 Å². The van der Waals surface area contributed by atoms with Crippen LogP contribution in [0, 0.1) is 17.3 Å². The average molecular weight is 411 g/mol. The molecule has 0 amide bonds. The third-order valence-corrected chi connectivity index (χ3v) is 6.10. The number of halogens is 3. The number of phenols is 1. The van der Waals surface area contributed by atoms with Crippen LogP contribution >= 0.6 is 23.2 Å². The van der Waals surface area contributed by atoms with Gasteiger partial charge in [-0.1, -0.05) is 35.3 Å². The molecule has 98 valence electrons. The van der Waals surface area contributed by atoms with Gasteiger partial charge in [-0.25, -0.2) is 0 Å². The number of rotatable bonds is 3. The highest BCUT2D eigenvalue weighted by Crippen LogP contribution is 2.27. The summed E-state index contributed by atoms with van der Waals surface area (Å²) in [6.07, 6.45) is 0. The Morgan fingerprint density at radius 2 is 1.79 bits per heavy atom. The largest absolute Gasteiger partial charge is 0.503 e. The quantitative estimate of drug-likeness (QED) is 0.461. The Bertz CT molecular complexity index is 649. The molecule has 2 rings (SSSR count). The van der Waals surface area contributed by atoms with Crippen molar-refractivity contribution in [2.75, 3.05) is 0 Å². The van der Waals surface area contributed by atoms with Gasteiger partial charge < -0.3 is 5.11 Å². The van der Waals surface area contributed by atoms with E-state index in [-0.39, 0.29) is 16.5 Å².